The van der Waals surface area contributed by atoms with Gasteiger partial charge in [0.05, 0.1) is 18.8 Å². The van der Waals surface area contributed by atoms with E-state index >= 15 is 0 Å². The first-order valence-corrected chi connectivity index (χ1v) is 8.42. The average molecular weight is 337 g/mol. The maximum atomic E-state index is 10.5. The van der Waals surface area contributed by atoms with Crippen molar-refractivity contribution in [1.29, 1.82) is 0 Å². The zero-order valence-electron chi connectivity index (χ0n) is 14.1. The Bertz CT molecular complexity index is 835. The lowest BCUT2D eigenvalue weighted by Gasteiger charge is -2.29. The van der Waals surface area contributed by atoms with E-state index in [4.69, 9.17) is 0 Å². The first kappa shape index (κ1) is 17.4. The summed E-state index contributed by atoms with van der Waals surface area (Å²) >= 11 is 0. The minimum Gasteiger partial charge on any atom is -0.508 e. The van der Waals surface area contributed by atoms with Gasteiger partial charge in [0.25, 0.3) is 0 Å². The highest BCUT2D eigenvalue weighted by Gasteiger charge is 2.27. The number of phenolic OH excluding ortho intramolecular Hbond substituents is 1. The largest absolute Gasteiger partial charge is 0.508 e. The number of aromatic hydroxyl groups is 1. The van der Waals surface area contributed by atoms with Crippen LogP contribution in [0.15, 0.2) is 66.7 Å². The molecule has 4 N–H and O–H groups in total. The SMILES string of the molecule is C[C@@H](N[C@@H](c1c(O)ccc2ccccc12)[C@H](O)CO)c1ccccc1. The van der Waals surface area contributed by atoms with Crippen LogP contribution in [0.4, 0.5) is 0 Å². The second-order valence-electron chi connectivity index (χ2n) is 6.25. The van der Waals surface area contributed by atoms with Gasteiger partial charge in [0.1, 0.15) is 5.75 Å². The molecule has 3 aromatic rings. The van der Waals surface area contributed by atoms with Gasteiger partial charge in [-0.1, -0.05) is 60.7 Å². The van der Waals surface area contributed by atoms with Crippen molar-refractivity contribution in [1.82, 2.24) is 5.32 Å². The smallest absolute Gasteiger partial charge is 0.121 e. The van der Waals surface area contributed by atoms with Gasteiger partial charge in [-0.05, 0) is 29.3 Å². The summed E-state index contributed by atoms with van der Waals surface area (Å²) < 4.78 is 0. The lowest BCUT2D eigenvalue weighted by Crippen LogP contribution is -2.36. The Morgan fingerprint density at radius 1 is 0.920 bits per heavy atom. The standard InChI is InChI=1S/C21H23NO3/c1-14(15-7-3-2-4-8-15)22-21(19(25)13-23)20-17-10-6-5-9-16(17)11-12-18(20)24/h2-12,14,19,21-25H,13H2,1H3/t14-,19-,21-/m1/s1. The molecule has 0 amide bonds. The third-order valence-electron chi connectivity index (χ3n) is 4.56. The number of nitrogens with one attached hydrogen (secondary N) is 1. The molecule has 0 unspecified atom stereocenters. The predicted octanol–water partition coefficient (Wildman–Crippen LogP) is 3.29. The molecule has 3 aromatic carbocycles. The molecule has 3 rings (SSSR count). The molecule has 4 nitrogen and oxygen atoms in total. The van der Waals surface area contributed by atoms with Crippen molar-refractivity contribution >= 4 is 10.8 Å². The van der Waals surface area contributed by atoms with E-state index in [1.54, 1.807) is 6.07 Å². The monoisotopic (exact) mass is 337 g/mol. The molecular weight excluding hydrogens is 314 g/mol. The van der Waals surface area contributed by atoms with Crippen molar-refractivity contribution in [2.24, 2.45) is 0 Å². The van der Waals surface area contributed by atoms with Crippen molar-refractivity contribution in [2.75, 3.05) is 6.61 Å². The minimum absolute atomic E-state index is 0.0641. The van der Waals surface area contributed by atoms with Crippen LogP contribution in [0, 0.1) is 0 Å². The summed E-state index contributed by atoms with van der Waals surface area (Å²) in [4.78, 5) is 0. The van der Waals surface area contributed by atoms with Crippen LogP contribution in [0.5, 0.6) is 5.75 Å². The molecule has 0 aromatic heterocycles. The number of benzene rings is 3. The molecule has 25 heavy (non-hydrogen) atoms. The van der Waals surface area contributed by atoms with Crippen LogP contribution in [0.3, 0.4) is 0 Å². The Labute approximate surface area is 147 Å². The Kier molecular flexibility index (Phi) is 5.34. The molecule has 0 aliphatic heterocycles. The van der Waals surface area contributed by atoms with Crippen molar-refractivity contribution in [3.8, 4) is 5.75 Å². The van der Waals surface area contributed by atoms with Crippen LogP contribution in [-0.2, 0) is 0 Å². The molecule has 0 aliphatic rings. The fraction of sp³-hybridized carbons (Fsp3) is 0.238. The number of aliphatic hydroxyl groups is 2. The van der Waals surface area contributed by atoms with E-state index in [2.05, 4.69) is 5.32 Å². The van der Waals surface area contributed by atoms with Gasteiger partial charge in [-0.25, -0.2) is 0 Å². The van der Waals surface area contributed by atoms with Crippen LogP contribution in [0.1, 0.15) is 30.1 Å². The third-order valence-corrected chi connectivity index (χ3v) is 4.56. The van der Waals surface area contributed by atoms with E-state index < -0.39 is 18.8 Å². The maximum absolute atomic E-state index is 10.5. The van der Waals surface area contributed by atoms with E-state index in [0.29, 0.717) is 5.56 Å². The second-order valence-corrected chi connectivity index (χ2v) is 6.25. The molecule has 3 atom stereocenters. The van der Waals surface area contributed by atoms with Crippen LogP contribution < -0.4 is 5.32 Å². The van der Waals surface area contributed by atoms with Crippen LogP contribution >= 0.6 is 0 Å². The number of aliphatic hydroxyl groups excluding tert-OH is 2. The maximum Gasteiger partial charge on any atom is 0.121 e. The molecule has 0 bridgehead atoms. The summed E-state index contributed by atoms with van der Waals surface area (Å²) in [5.41, 5.74) is 1.67. The molecular formula is C21H23NO3. The van der Waals surface area contributed by atoms with Crippen LogP contribution in [0.2, 0.25) is 0 Å². The summed E-state index contributed by atoms with van der Waals surface area (Å²) in [7, 11) is 0. The molecule has 0 radical (unpaired) electrons. The molecule has 0 spiro atoms. The molecule has 4 heteroatoms. The molecule has 0 aliphatic carbocycles. The topological polar surface area (TPSA) is 72.7 Å². The van der Waals surface area contributed by atoms with Gasteiger partial charge in [-0.15, -0.1) is 0 Å². The van der Waals surface area contributed by atoms with Gasteiger partial charge in [0, 0.05) is 11.6 Å². The first-order valence-electron chi connectivity index (χ1n) is 8.42. The number of fused-ring (bicyclic) bond motifs is 1. The van der Waals surface area contributed by atoms with E-state index in [-0.39, 0.29) is 11.8 Å². The Hall–Kier alpha value is -2.40. The summed E-state index contributed by atoms with van der Waals surface area (Å²) in [6, 6.07) is 20.4. The zero-order chi connectivity index (χ0) is 17.8. The molecule has 0 saturated heterocycles. The van der Waals surface area contributed by atoms with E-state index in [0.717, 1.165) is 16.3 Å². The average Bonchev–Trinajstić information content (AvgIpc) is 2.66. The molecule has 0 heterocycles. The Balaban J connectivity index is 2.04. The summed E-state index contributed by atoms with van der Waals surface area (Å²) in [6.45, 7) is 1.59. The van der Waals surface area contributed by atoms with E-state index in [1.807, 2.05) is 67.6 Å². The third kappa shape index (κ3) is 3.66. The van der Waals surface area contributed by atoms with Gasteiger partial charge < -0.3 is 20.6 Å². The van der Waals surface area contributed by atoms with Gasteiger partial charge in [-0.3, -0.25) is 0 Å². The summed E-state index contributed by atoms with van der Waals surface area (Å²) in [5, 5.41) is 35.6. The van der Waals surface area contributed by atoms with Gasteiger partial charge in [0.2, 0.25) is 0 Å². The van der Waals surface area contributed by atoms with E-state index in [9.17, 15) is 15.3 Å². The van der Waals surface area contributed by atoms with Crippen LogP contribution in [-0.4, -0.2) is 28.0 Å². The van der Waals surface area contributed by atoms with Gasteiger partial charge in [0.15, 0.2) is 0 Å². The lowest BCUT2D eigenvalue weighted by atomic mass is 9.93. The highest BCUT2D eigenvalue weighted by molar-refractivity contribution is 5.88. The quantitative estimate of drug-likeness (QED) is 0.557. The van der Waals surface area contributed by atoms with Gasteiger partial charge in [-0.2, -0.15) is 0 Å². The number of phenols is 1. The van der Waals surface area contributed by atoms with Gasteiger partial charge >= 0.3 is 0 Å². The fourth-order valence-electron chi connectivity index (χ4n) is 3.21. The summed E-state index contributed by atoms with van der Waals surface area (Å²) in [6.07, 6.45) is -1.04. The fourth-order valence-corrected chi connectivity index (χ4v) is 3.21. The predicted molar refractivity (Wildman–Crippen MR) is 99.4 cm³/mol. The second kappa shape index (κ2) is 7.66. The molecule has 0 fully saturated rings. The van der Waals surface area contributed by atoms with Crippen LogP contribution in [0.25, 0.3) is 10.8 Å². The zero-order valence-corrected chi connectivity index (χ0v) is 14.1. The normalized spacial score (nSPS) is 15.0. The van der Waals surface area contributed by atoms with Crippen molar-refractivity contribution in [3.05, 3.63) is 77.9 Å². The molecule has 130 valence electrons. The van der Waals surface area contributed by atoms with E-state index in [1.165, 1.54) is 0 Å². The Morgan fingerprint density at radius 3 is 2.32 bits per heavy atom. The summed E-state index contributed by atoms with van der Waals surface area (Å²) in [5.74, 6) is 0.101. The lowest BCUT2D eigenvalue weighted by molar-refractivity contribution is 0.0587. The Morgan fingerprint density at radius 2 is 1.60 bits per heavy atom. The van der Waals surface area contributed by atoms with Crippen molar-refractivity contribution < 1.29 is 15.3 Å². The number of hydrogen-bond acceptors (Lipinski definition) is 4. The first-order chi connectivity index (χ1) is 12.1. The highest BCUT2D eigenvalue weighted by atomic mass is 16.3. The van der Waals surface area contributed by atoms with Crippen molar-refractivity contribution in [3.63, 3.8) is 0 Å². The number of rotatable bonds is 6. The molecule has 0 saturated carbocycles. The minimum atomic E-state index is -1.04. The highest BCUT2D eigenvalue weighted by Crippen LogP contribution is 2.35. The van der Waals surface area contributed by atoms with Crippen molar-refractivity contribution in [2.45, 2.75) is 25.1 Å². The number of hydrogen-bond donors (Lipinski definition) is 4.